The van der Waals surface area contributed by atoms with Crippen LogP contribution in [0.1, 0.15) is 80.1 Å². The molecule has 3 heteroatoms. The number of hydrogen-bond donors (Lipinski definition) is 0. The second-order valence-electron chi connectivity index (χ2n) is 6.04. The standard InChI is InChI=1S/C19H26O3/c1-2-22-19(21)14-13-18(20)17-11-9-16(10-12-17)15-7-5-3-4-6-8-15/h9-12,15H,2-8,13-14H2,1H3. The van der Waals surface area contributed by atoms with Gasteiger partial charge >= 0.3 is 5.97 Å². The minimum atomic E-state index is -0.300. The fraction of sp³-hybridized carbons (Fsp3) is 0.579. The smallest absolute Gasteiger partial charge is 0.306 e. The van der Waals surface area contributed by atoms with E-state index in [-0.39, 0.29) is 24.6 Å². The quantitative estimate of drug-likeness (QED) is 0.436. The molecule has 0 radical (unpaired) electrons. The lowest BCUT2D eigenvalue weighted by atomic mass is 9.91. The zero-order valence-electron chi connectivity index (χ0n) is 13.5. The van der Waals surface area contributed by atoms with Crippen LogP contribution in [0.4, 0.5) is 0 Å². The van der Waals surface area contributed by atoms with E-state index < -0.39 is 0 Å². The van der Waals surface area contributed by atoms with Gasteiger partial charge in [0, 0.05) is 12.0 Å². The minimum absolute atomic E-state index is 0.0143. The summed E-state index contributed by atoms with van der Waals surface area (Å²) in [6.45, 7) is 2.13. The highest BCUT2D eigenvalue weighted by Gasteiger charge is 2.15. The first kappa shape index (κ1) is 16.7. The van der Waals surface area contributed by atoms with Crippen LogP contribution < -0.4 is 0 Å². The molecule has 0 amide bonds. The van der Waals surface area contributed by atoms with Gasteiger partial charge in [-0.25, -0.2) is 0 Å². The molecule has 0 atom stereocenters. The van der Waals surface area contributed by atoms with Crippen LogP contribution in [0.5, 0.6) is 0 Å². The molecule has 3 nitrogen and oxygen atoms in total. The number of carbonyl (C=O) groups excluding carboxylic acids is 2. The van der Waals surface area contributed by atoms with E-state index in [0.29, 0.717) is 18.1 Å². The topological polar surface area (TPSA) is 43.4 Å². The third-order valence-corrected chi connectivity index (χ3v) is 4.42. The van der Waals surface area contributed by atoms with E-state index in [9.17, 15) is 9.59 Å². The van der Waals surface area contributed by atoms with Gasteiger partial charge in [0.25, 0.3) is 0 Å². The van der Waals surface area contributed by atoms with E-state index in [1.54, 1.807) is 6.92 Å². The van der Waals surface area contributed by atoms with Crippen molar-refractivity contribution < 1.29 is 14.3 Å². The van der Waals surface area contributed by atoms with Crippen LogP contribution in [0, 0.1) is 0 Å². The molecule has 2 rings (SSSR count). The van der Waals surface area contributed by atoms with Crippen molar-refractivity contribution in [1.29, 1.82) is 0 Å². The van der Waals surface area contributed by atoms with Crippen molar-refractivity contribution in [2.24, 2.45) is 0 Å². The Bertz CT molecular complexity index is 482. The average molecular weight is 302 g/mol. The Morgan fingerprint density at radius 2 is 1.64 bits per heavy atom. The molecule has 0 unspecified atom stereocenters. The number of ketones is 1. The van der Waals surface area contributed by atoms with Gasteiger partial charge in [-0.3, -0.25) is 9.59 Å². The lowest BCUT2D eigenvalue weighted by Gasteiger charge is -2.14. The van der Waals surface area contributed by atoms with Gasteiger partial charge in [-0.05, 0) is 31.2 Å². The molecule has 120 valence electrons. The van der Waals surface area contributed by atoms with Crippen LogP contribution in [0.3, 0.4) is 0 Å². The summed E-state index contributed by atoms with van der Waals surface area (Å²) in [6, 6.07) is 8.00. The van der Waals surface area contributed by atoms with Gasteiger partial charge in [0.1, 0.15) is 0 Å². The Morgan fingerprint density at radius 3 is 2.23 bits per heavy atom. The van der Waals surface area contributed by atoms with Crippen molar-refractivity contribution in [3.8, 4) is 0 Å². The molecule has 0 spiro atoms. The van der Waals surface area contributed by atoms with E-state index in [1.807, 2.05) is 12.1 Å². The summed E-state index contributed by atoms with van der Waals surface area (Å²) >= 11 is 0. The first-order valence-electron chi connectivity index (χ1n) is 8.49. The van der Waals surface area contributed by atoms with Crippen molar-refractivity contribution in [3.63, 3.8) is 0 Å². The molecule has 0 saturated heterocycles. The van der Waals surface area contributed by atoms with Gasteiger partial charge in [-0.15, -0.1) is 0 Å². The van der Waals surface area contributed by atoms with Crippen LogP contribution >= 0.6 is 0 Å². The lowest BCUT2D eigenvalue weighted by Crippen LogP contribution is -2.08. The summed E-state index contributed by atoms with van der Waals surface area (Å²) in [4.78, 5) is 23.4. The predicted molar refractivity (Wildman–Crippen MR) is 87.1 cm³/mol. The van der Waals surface area contributed by atoms with E-state index in [0.717, 1.165) is 0 Å². The molecule has 1 aromatic rings. The SMILES string of the molecule is CCOC(=O)CCC(=O)c1ccc(C2CCCCCC2)cc1. The third-order valence-electron chi connectivity index (χ3n) is 4.42. The first-order valence-corrected chi connectivity index (χ1v) is 8.49. The second-order valence-corrected chi connectivity index (χ2v) is 6.04. The summed E-state index contributed by atoms with van der Waals surface area (Å²) < 4.78 is 4.85. The van der Waals surface area contributed by atoms with Crippen LogP contribution in [-0.2, 0) is 9.53 Å². The number of benzene rings is 1. The minimum Gasteiger partial charge on any atom is -0.466 e. The number of ether oxygens (including phenoxy) is 1. The Kier molecular flexibility index (Phi) is 6.63. The summed E-state index contributed by atoms with van der Waals surface area (Å²) in [5.74, 6) is 0.359. The van der Waals surface area contributed by atoms with Crippen LogP contribution in [-0.4, -0.2) is 18.4 Å². The first-order chi connectivity index (χ1) is 10.7. The summed E-state index contributed by atoms with van der Waals surface area (Å²) in [5, 5.41) is 0. The monoisotopic (exact) mass is 302 g/mol. The molecule has 0 bridgehead atoms. The number of carbonyl (C=O) groups is 2. The molecule has 0 heterocycles. The maximum atomic E-state index is 12.1. The highest BCUT2D eigenvalue weighted by Crippen LogP contribution is 2.31. The fourth-order valence-electron chi connectivity index (χ4n) is 3.15. The zero-order valence-corrected chi connectivity index (χ0v) is 13.5. The summed E-state index contributed by atoms with van der Waals surface area (Å²) in [5.41, 5.74) is 2.05. The number of rotatable bonds is 6. The fourth-order valence-corrected chi connectivity index (χ4v) is 3.15. The molecule has 1 aliphatic carbocycles. The molecule has 22 heavy (non-hydrogen) atoms. The number of esters is 1. The molecule has 1 saturated carbocycles. The second kappa shape index (κ2) is 8.72. The summed E-state index contributed by atoms with van der Waals surface area (Å²) in [6.07, 6.45) is 8.22. The largest absolute Gasteiger partial charge is 0.466 e. The molecule has 0 N–H and O–H groups in total. The normalized spacial score (nSPS) is 16.0. The van der Waals surface area contributed by atoms with Crippen molar-refractivity contribution in [2.75, 3.05) is 6.61 Å². The Balaban J connectivity index is 1.90. The molecule has 0 aromatic heterocycles. The Hall–Kier alpha value is -1.64. The molecule has 1 fully saturated rings. The Morgan fingerprint density at radius 1 is 1.00 bits per heavy atom. The van der Waals surface area contributed by atoms with Gasteiger partial charge in [-0.1, -0.05) is 49.9 Å². The third kappa shape index (κ3) is 4.97. The van der Waals surface area contributed by atoms with Crippen LogP contribution in [0.2, 0.25) is 0 Å². The number of hydrogen-bond acceptors (Lipinski definition) is 3. The van der Waals surface area contributed by atoms with Gasteiger partial charge in [0.15, 0.2) is 5.78 Å². The zero-order chi connectivity index (χ0) is 15.8. The van der Waals surface area contributed by atoms with Crippen molar-refractivity contribution in [1.82, 2.24) is 0 Å². The van der Waals surface area contributed by atoms with Crippen LogP contribution in [0.15, 0.2) is 24.3 Å². The van der Waals surface area contributed by atoms with E-state index >= 15 is 0 Å². The van der Waals surface area contributed by atoms with Crippen LogP contribution in [0.25, 0.3) is 0 Å². The summed E-state index contributed by atoms with van der Waals surface area (Å²) in [7, 11) is 0. The van der Waals surface area contributed by atoms with E-state index in [4.69, 9.17) is 4.74 Å². The molecular weight excluding hydrogens is 276 g/mol. The maximum absolute atomic E-state index is 12.1. The van der Waals surface area contributed by atoms with E-state index in [1.165, 1.54) is 44.1 Å². The lowest BCUT2D eigenvalue weighted by molar-refractivity contribution is -0.143. The van der Waals surface area contributed by atoms with Gasteiger partial charge < -0.3 is 4.74 Å². The average Bonchev–Trinajstić information content (AvgIpc) is 2.82. The predicted octanol–water partition coefficient (Wildman–Crippen LogP) is 4.65. The molecule has 1 aromatic carbocycles. The van der Waals surface area contributed by atoms with Crippen molar-refractivity contribution in [3.05, 3.63) is 35.4 Å². The Labute approximate surface area is 133 Å². The van der Waals surface area contributed by atoms with Gasteiger partial charge in [0.05, 0.1) is 13.0 Å². The molecule has 0 aliphatic heterocycles. The van der Waals surface area contributed by atoms with E-state index in [2.05, 4.69) is 12.1 Å². The van der Waals surface area contributed by atoms with Gasteiger partial charge in [0.2, 0.25) is 0 Å². The maximum Gasteiger partial charge on any atom is 0.306 e. The molecular formula is C19H26O3. The highest BCUT2D eigenvalue weighted by molar-refractivity contribution is 5.97. The molecule has 1 aliphatic rings. The van der Waals surface area contributed by atoms with Crippen molar-refractivity contribution >= 4 is 11.8 Å². The highest BCUT2D eigenvalue weighted by atomic mass is 16.5. The van der Waals surface area contributed by atoms with Crippen molar-refractivity contribution in [2.45, 2.75) is 64.2 Å². The number of Topliss-reactive ketones (excluding diaryl/α,β-unsaturated/α-hetero) is 1. The van der Waals surface area contributed by atoms with Gasteiger partial charge in [-0.2, -0.15) is 0 Å².